The number of anilines is 4. The van der Waals surface area contributed by atoms with E-state index >= 15 is 0 Å². The third-order valence-electron chi connectivity index (χ3n) is 3.81. The van der Waals surface area contributed by atoms with Gasteiger partial charge in [-0.05, 0) is 30.3 Å². The van der Waals surface area contributed by atoms with Crippen molar-refractivity contribution >= 4 is 39.0 Å². The number of para-hydroxylation sites is 1. The first-order valence-electron chi connectivity index (χ1n) is 7.10. The van der Waals surface area contributed by atoms with E-state index in [1.54, 1.807) is 0 Å². The number of carbonyl (C=O) groups excluding carboxylic acids is 1. The number of amides is 2. The summed E-state index contributed by atoms with van der Waals surface area (Å²) in [6.07, 6.45) is 0. The minimum absolute atomic E-state index is 0.269. The molecule has 2 aromatic carbocycles. The highest BCUT2D eigenvalue weighted by molar-refractivity contribution is 7.94. The predicted molar refractivity (Wildman–Crippen MR) is 91.2 cm³/mol. The van der Waals surface area contributed by atoms with E-state index in [0.717, 1.165) is 20.7 Å². The number of fused-ring (bicyclic) bond motifs is 1. The normalized spacial score (nSPS) is 15.0. The van der Waals surface area contributed by atoms with Crippen LogP contribution in [0.2, 0.25) is 0 Å². The number of carbonyl (C=O) groups is 1. The van der Waals surface area contributed by atoms with Crippen molar-refractivity contribution in [3.63, 3.8) is 0 Å². The molecule has 2 amide bonds. The molecule has 7 nitrogen and oxygen atoms in total. The van der Waals surface area contributed by atoms with Crippen molar-refractivity contribution in [3.8, 4) is 0 Å². The second-order valence-electron chi connectivity index (χ2n) is 5.32. The molecule has 1 aliphatic heterocycles. The summed E-state index contributed by atoms with van der Waals surface area (Å²) in [5.74, 6) is -1.81. The van der Waals surface area contributed by atoms with Gasteiger partial charge in [0.05, 0.1) is 11.4 Å². The van der Waals surface area contributed by atoms with Gasteiger partial charge in [0.1, 0.15) is 17.3 Å². The summed E-state index contributed by atoms with van der Waals surface area (Å²) in [7, 11) is -0.828. The molecule has 3 rings (SSSR count). The minimum Gasteiger partial charge on any atom is -0.308 e. The van der Waals surface area contributed by atoms with Crippen LogP contribution in [0.5, 0.6) is 0 Å². The van der Waals surface area contributed by atoms with Gasteiger partial charge in [-0.25, -0.2) is 13.6 Å². The van der Waals surface area contributed by atoms with Gasteiger partial charge >= 0.3 is 16.2 Å². The van der Waals surface area contributed by atoms with Gasteiger partial charge in [0.2, 0.25) is 0 Å². The van der Waals surface area contributed by atoms with Crippen LogP contribution in [0.1, 0.15) is 0 Å². The van der Waals surface area contributed by atoms with Crippen LogP contribution in [-0.2, 0) is 10.2 Å². The molecule has 25 heavy (non-hydrogen) atoms. The molecule has 2 aromatic rings. The Balaban J connectivity index is 1.81. The Labute approximate surface area is 143 Å². The summed E-state index contributed by atoms with van der Waals surface area (Å²) >= 11 is 0. The van der Waals surface area contributed by atoms with Crippen LogP contribution in [0.3, 0.4) is 0 Å². The third-order valence-corrected chi connectivity index (χ3v) is 5.58. The van der Waals surface area contributed by atoms with E-state index in [9.17, 15) is 22.0 Å². The first-order chi connectivity index (χ1) is 11.7. The molecule has 1 aliphatic rings. The first-order valence-corrected chi connectivity index (χ1v) is 8.50. The monoisotopic (exact) mass is 368 g/mol. The summed E-state index contributed by atoms with van der Waals surface area (Å²) in [5.41, 5.74) is 0.525. The van der Waals surface area contributed by atoms with Crippen molar-refractivity contribution in [1.29, 1.82) is 0 Å². The zero-order valence-corrected chi connectivity index (χ0v) is 14.1. The fourth-order valence-corrected chi connectivity index (χ4v) is 3.61. The standard InChI is InChI=1S/C15H14F2N4O3S/c1-20-12-7-6-9(8-13(12)21(2)25(20,23)24)18-15(22)19-14-10(16)4-3-5-11(14)17/h3-8H,1-2H3,(H2,18,19,22). The summed E-state index contributed by atoms with van der Waals surface area (Å²) in [4.78, 5) is 12.0. The SMILES string of the molecule is CN1c2ccc(NC(=O)Nc3c(F)cccc3F)cc2N(C)S1(=O)=O. The molecule has 0 saturated carbocycles. The van der Waals surface area contributed by atoms with E-state index in [0.29, 0.717) is 11.4 Å². The maximum Gasteiger partial charge on any atom is 0.326 e. The molecule has 0 bridgehead atoms. The molecule has 10 heteroatoms. The molecule has 2 N–H and O–H groups in total. The Morgan fingerprint density at radius 1 is 0.960 bits per heavy atom. The van der Waals surface area contributed by atoms with Gasteiger partial charge in [-0.2, -0.15) is 8.42 Å². The van der Waals surface area contributed by atoms with Crippen molar-refractivity contribution in [2.45, 2.75) is 0 Å². The van der Waals surface area contributed by atoms with E-state index in [-0.39, 0.29) is 5.69 Å². The molecule has 0 aromatic heterocycles. The van der Waals surface area contributed by atoms with Gasteiger partial charge in [0.25, 0.3) is 0 Å². The molecule has 0 fully saturated rings. The number of benzene rings is 2. The molecule has 0 atom stereocenters. The van der Waals surface area contributed by atoms with Gasteiger partial charge in [-0.1, -0.05) is 6.07 Å². The summed E-state index contributed by atoms with van der Waals surface area (Å²) in [6.45, 7) is 0. The number of halogens is 2. The number of hydrogen-bond acceptors (Lipinski definition) is 3. The maximum absolute atomic E-state index is 13.5. The van der Waals surface area contributed by atoms with E-state index in [4.69, 9.17) is 0 Å². The van der Waals surface area contributed by atoms with Crippen LogP contribution < -0.4 is 19.2 Å². The van der Waals surface area contributed by atoms with Crippen LogP contribution in [0.4, 0.5) is 36.3 Å². The number of hydrogen-bond donors (Lipinski definition) is 2. The molecule has 0 radical (unpaired) electrons. The molecular formula is C15H14F2N4O3S. The lowest BCUT2D eigenvalue weighted by molar-refractivity contribution is 0.262. The number of urea groups is 1. The average Bonchev–Trinajstić information content (AvgIpc) is 2.72. The molecular weight excluding hydrogens is 354 g/mol. The van der Waals surface area contributed by atoms with Gasteiger partial charge in [0.15, 0.2) is 0 Å². The zero-order chi connectivity index (χ0) is 18.4. The fraction of sp³-hybridized carbons (Fsp3) is 0.133. The Morgan fingerprint density at radius 3 is 2.20 bits per heavy atom. The van der Waals surface area contributed by atoms with Gasteiger partial charge in [-0.3, -0.25) is 8.61 Å². The second kappa shape index (κ2) is 5.88. The summed E-state index contributed by atoms with van der Waals surface area (Å²) < 4.78 is 53.4. The van der Waals surface area contributed by atoms with Crippen LogP contribution in [0.15, 0.2) is 36.4 Å². The summed E-state index contributed by atoms with van der Waals surface area (Å²) in [6, 6.07) is 6.82. The molecule has 0 aliphatic carbocycles. The number of nitrogens with one attached hydrogen (secondary N) is 2. The molecule has 0 saturated heterocycles. The van der Waals surface area contributed by atoms with Crippen LogP contribution >= 0.6 is 0 Å². The van der Waals surface area contributed by atoms with Gasteiger partial charge < -0.3 is 10.6 Å². The highest BCUT2D eigenvalue weighted by Crippen LogP contribution is 2.40. The quantitative estimate of drug-likeness (QED) is 0.855. The van der Waals surface area contributed by atoms with Crippen LogP contribution in [0.25, 0.3) is 0 Å². The van der Waals surface area contributed by atoms with Gasteiger partial charge in [-0.15, -0.1) is 0 Å². The van der Waals surface area contributed by atoms with Crippen molar-refractivity contribution in [1.82, 2.24) is 0 Å². The minimum atomic E-state index is -3.63. The molecule has 0 unspecified atom stereocenters. The molecule has 1 heterocycles. The lowest BCUT2D eigenvalue weighted by Crippen LogP contribution is -2.32. The Bertz CT molecular complexity index is 945. The smallest absolute Gasteiger partial charge is 0.308 e. The Hall–Kier alpha value is -2.88. The largest absolute Gasteiger partial charge is 0.326 e. The van der Waals surface area contributed by atoms with Crippen molar-refractivity contribution in [2.75, 3.05) is 33.3 Å². The fourth-order valence-electron chi connectivity index (χ4n) is 2.45. The second-order valence-corrected chi connectivity index (χ2v) is 7.31. The highest BCUT2D eigenvalue weighted by atomic mass is 32.2. The van der Waals surface area contributed by atoms with E-state index < -0.39 is 33.6 Å². The van der Waals surface area contributed by atoms with E-state index in [2.05, 4.69) is 10.6 Å². The maximum atomic E-state index is 13.5. The lowest BCUT2D eigenvalue weighted by Gasteiger charge is -2.13. The van der Waals surface area contributed by atoms with Crippen molar-refractivity contribution in [2.24, 2.45) is 0 Å². The highest BCUT2D eigenvalue weighted by Gasteiger charge is 2.35. The number of rotatable bonds is 2. The first kappa shape index (κ1) is 17.0. The van der Waals surface area contributed by atoms with E-state index in [1.165, 1.54) is 38.4 Å². The third kappa shape index (κ3) is 2.84. The van der Waals surface area contributed by atoms with Crippen molar-refractivity contribution in [3.05, 3.63) is 48.0 Å². The van der Waals surface area contributed by atoms with Crippen LogP contribution in [0, 0.1) is 11.6 Å². The van der Waals surface area contributed by atoms with Crippen LogP contribution in [-0.4, -0.2) is 28.5 Å². The molecule has 132 valence electrons. The number of nitrogens with zero attached hydrogens (tertiary/aromatic N) is 2. The average molecular weight is 368 g/mol. The summed E-state index contributed by atoms with van der Waals surface area (Å²) in [5, 5.41) is 4.50. The van der Waals surface area contributed by atoms with Gasteiger partial charge in [0, 0.05) is 19.8 Å². The Morgan fingerprint density at radius 2 is 1.56 bits per heavy atom. The topological polar surface area (TPSA) is 81.8 Å². The lowest BCUT2D eigenvalue weighted by atomic mass is 10.2. The molecule has 0 spiro atoms. The van der Waals surface area contributed by atoms with Crippen molar-refractivity contribution < 1.29 is 22.0 Å². The predicted octanol–water partition coefficient (Wildman–Crippen LogP) is 2.74. The Kier molecular flexibility index (Phi) is 3.99. The van der Waals surface area contributed by atoms with E-state index in [1.807, 2.05) is 0 Å². The zero-order valence-electron chi connectivity index (χ0n) is 13.2.